The summed E-state index contributed by atoms with van der Waals surface area (Å²) in [5, 5.41) is 7.99. The molecule has 3 aromatic rings. The highest BCUT2D eigenvalue weighted by molar-refractivity contribution is 9.10. The fourth-order valence-electron chi connectivity index (χ4n) is 1.71. The van der Waals surface area contributed by atoms with E-state index < -0.39 is 0 Å². The minimum atomic E-state index is -0.330. The number of rotatable bonds is 4. The van der Waals surface area contributed by atoms with Gasteiger partial charge in [-0.1, -0.05) is 5.21 Å². The average Bonchev–Trinajstić information content (AvgIpc) is 2.98. The molecule has 0 fully saturated rings. The first-order chi connectivity index (χ1) is 10.6. The SMILES string of the molecule is Cc1cnc(OCc2cn(-c3ccc(F)c(Br)c3)nn2)nc1. The van der Waals surface area contributed by atoms with Gasteiger partial charge in [0.15, 0.2) is 0 Å². The van der Waals surface area contributed by atoms with E-state index in [4.69, 9.17) is 4.74 Å². The third-order valence-corrected chi connectivity index (χ3v) is 3.42. The van der Waals surface area contributed by atoms with Gasteiger partial charge in [-0.3, -0.25) is 0 Å². The highest BCUT2D eigenvalue weighted by atomic mass is 79.9. The van der Waals surface area contributed by atoms with Crippen molar-refractivity contribution >= 4 is 15.9 Å². The van der Waals surface area contributed by atoms with Crippen LogP contribution in [0.2, 0.25) is 0 Å². The molecule has 22 heavy (non-hydrogen) atoms. The van der Waals surface area contributed by atoms with Gasteiger partial charge in [-0.2, -0.15) is 0 Å². The number of aromatic nitrogens is 5. The third kappa shape index (κ3) is 3.28. The molecule has 1 aromatic carbocycles. The monoisotopic (exact) mass is 363 g/mol. The molecule has 6 nitrogen and oxygen atoms in total. The minimum Gasteiger partial charge on any atom is -0.457 e. The van der Waals surface area contributed by atoms with E-state index in [-0.39, 0.29) is 18.4 Å². The third-order valence-electron chi connectivity index (χ3n) is 2.81. The van der Waals surface area contributed by atoms with Crippen molar-refractivity contribution in [1.29, 1.82) is 0 Å². The smallest absolute Gasteiger partial charge is 0.316 e. The quantitative estimate of drug-likeness (QED) is 0.712. The van der Waals surface area contributed by atoms with Crippen LogP contribution in [0, 0.1) is 12.7 Å². The van der Waals surface area contributed by atoms with Crippen molar-refractivity contribution in [3.63, 3.8) is 0 Å². The zero-order valence-corrected chi connectivity index (χ0v) is 13.2. The maximum absolute atomic E-state index is 13.2. The van der Waals surface area contributed by atoms with E-state index in [1.165, 1.54) is 6.07 Å². The molecule has 0 aliphatic heterocycles. The maximum atomic E-state index is 13.2. The molecule has 0 atom stereocenters. The van der Waals surface area contributed by atoms with E-state index in [1.54, 1.807) is 35.4 Å². The Hall–Kier alpha value is -2.35. The summed E-state index contributed by atoms with van der Waals surface area (Å²) in [6, 6.07) is 4.88. The molecule has 0 saturated heterocycles. The molecule has 0 spiro atoms. The van der Waals surface area contributed by atoms with Crippen molar-refractivity contribution in [2.45, 2.75) is 13.5 Å². The summed E-state index contributed by atoms with van der Waals surface area (Å²) in [5.74, 6) is -0.330. The number of hydrogen-bond acceptors (Lipinski definition) is 5. The second kappa shape index (κ2) is 6.18. The van der Waals surface area contributed by atoms with Gasteiger partial charge in [0.05, 0.1) is 16.4 Å². The van der Waals surface area contributed by atoms with Crippen LogP contribution in [0.5, 0.6) is 6.01 Å². The summed E-state index contributed by atoms with van der Waals surface area (Å²) in [6.45, 7) is 2.10. The zero-order valence-electron chi connectivity index (χ0n) is 11.6. The van der Waals surface area contributed by atoms with E-state index in [9.17, 15) is 4.39 Å². The standard InChI is InChI=1S/C14H11BrFN5O/c1-9-5-17-14(18-6-9)22-8-10-7-21(20-19-10)11-2-3-13(16)12(15)4-11/h2-7H,8H2,1H3. The number of benzene rings is 1. The van der Waals surface area contributed by atoms with Gasteiger partial charge >= 0.3 is 6.01 Å². The first-order valence-electron chi connectivity index (χ1n) is 6.40. The lowest BCUT2D eigenvalue weighted by Gasteiger charge is -2.02. The molecule has 2 aromatic heterocycles. The summed E-state index contributed by atoms with van der Waals surface area (Å²) in [7, 11) is 0. The van der Waals surface area contributed by atoms with Gasteiger partial charge in [0, 0.05) is 12.4 Å². The Labute approximate surface area is 134 Å². The van der Waals surface area contributed by atoms with E-state index in [0.717, 1.165) is 5.56 Å². The first-order valence-corrected chi connectivity index (χ1v) is 7.19. The van der Waals surface area contributed by atoms with Crippen molar-refractivity contribution < 1.29 is 9.13 Å². The molecule has 0 aliphatic rings. The predicted molar refractivity (Wildman–Crippen MR) is 80.1 cm³/mol. The summed E-state index contributed by atoms with van der Waals surface area (Å²) >= 11 is 3.14. The molecule has 0 N–H and O–H groups in total. The molecular formula is C14H11BrFN5O. The van der Waals surface area contributed by atoms with E-state index >= 15 is 0 Å². The molecule has 8 heteroatoms. The zero-order chi connectivity index (χ0) is 15.5. The lowest BCUT2D eigenvalue weighted by molar-refractivity contribution is 0.276. The van der Waals surface area contributed by atoms with E-state index in [0.29, 0.717) is 15.9 Å². The Kier molecular flexibility index (Phi) is 4.10. The molecule has 0 radical (unpaired) electrons. The van der Waals surface area contributed by atoms with E-state index in [2.05, 4.69) is 36.2 Å². The Balaban J connectivity index is 1.70. The van der Waals surface area contributed by atoms with Gasteiger partial charge in [-0.25, -0.2) is 19.0 Å². The number of aryl methyl sites for hydroxylation is 1. The lowest BCUT2D eigenvalue weighted by Crippen LogP contribution is -1.99. The second-order valence-corrected chi connectivity index (χ2v) is 5.44. The van der Waals surface area contributed by atoms with Crippen molar-refractivity contribution in [1.82, 2.24) is 25.0 Å². The molecule has 0 unspecified atom stereocenters. The van der Waals surface area contributed by atoms with Gasteiger partial charge in [0.25, 0.3) is 0 Å². The van der Waals surface area contributed by atoms with Gasteiger partial charge in [0.1, 0.15) is 18.1 Å². The van der Waals surface area contributed by atoms with Crippen molar-refractivity contribution in [3.05, 3.63) is 58.3 Å². The molecule has 112 valence electrons. The number of hydrogen-bond donors (Lipinski definition) is 0. The van der Waals surface area contributed by atoms with Gasteiger partial charge in [-0.05, 0) is 46.6 Å². The lowest BCUT2D eigenvalue weighted by atomic mass is 10.3. The molecule has 0 aliphatic carbocycles. The van der Waals surface area contributed by atoms with Crippen LogP contribution in [0.4, 0.5) is 4.39 Å². The molecule has 3 rings (SSSR count). The summed E-state index contributed by atoms with van der Waals surface area (Å²) in [5.41, 5.74) is 2.27. The Bertz CT molecular complexity index is 790. The highest BCUT2D eigenvalue weighted by Crippen LogP contribution is 2.19. The maximum Gasteiger partial charge on any atom is 0.316 e. The fourth-order valence-corrected chi connectivity index (χ4v) is 2.08. The van der Waals surface area contributed by atoms with Gasteiger partial charge in [-0.15, -0.1) is 5.10 Å². The van der Waals surface area contributed by atoms with Crippen LogP contribution in [-0.4, -0.2) is 25.0 Å². The molecule has 0 amide bonds. The van der Waals surface area contributed by atoms with Crippen LogP contribution in [0.15, 0.2) is 41.3 Å². The van der Waals surface area contributed by atoms with Crippen molar-refractivity contribution in [2.24, 2.45) is 0 Å². The summed E-state index contributed by atoms with van der Waals surface area (Å²) < 4.78 is 20.6. The number of ether oxygens (including phenoxy) is 1. The predicted octanol–water partition coefficient (Wildman–Crippen LogP) is 2.85. The van der Waals surface area contributed by atoms with Crippen LogP contribution in [0.3, 0.4) is 0 Å². The van der Waals surface area contributed by atoms with Gasteiger partial charge in [0.2, 0.25) is 0 Å². The summed E-state index contributed by atoms with van der Waals surface area (Å²) in [4.78, 5) is 8.09. The first kappa shape index (κ1) is 14.6. The topological polar surface area (TPSA) is 65.7 Å². The Morgan fingerprint density at radius 3 is 2.77 bits per heavy atom. The van der Waals surface area contributed by atoms with Crippen LogP contribution >= 0.6 is 15.9 Å². The average molecular weight is 364 g/mol. The Morgan fingerprint density at radius 2 is 2.05 bits per heavy atom. The highest BCUT2D eigenvalue weighted by Gasteiger charge is 2.07. The van der Waals surface area contributed by atoms with Crippen LogP contribution in [0.1, 0.15) is 11.3 Å². The minimum absolute atomic E-state index is 0.200. The fraction of sp³-hybridized carbons (Fsp3) is 0.143. The Morgan fingerprint density at radius 1 is 1.27 bits per heavy atom. The van der Waals surface area contributed by atoms with Crippen LogP contribution in [-0.2, 0) is 6.61 Å². The molecular weight excluding hydrogens is 353 g/mol. The number of halogens is 2. The molecule has 0 bridgehead atoms. The second-order valence-electron chi connectivity index (χ2n) is 4.58. The summed E-state index contributed by atoms with van der Waals surface area (Å²) in [6.07, 6.45) is 5.05. The van der Waals surface area contributed by atoms with Crippen molar-refractivity contribution in [2.75, 3.05) is 0 Å². The van der Waals surface area contributed by atoms with E-state index in [1.807, 2.05) is 6.92 Å². The molecule has 0 saturated carbocycles. The van der Waals surface area contributed by atoms with Crippen molar-refractivity contribution in [3.8, 4) is 11.7 Å². The largest absolute Gasteiger partial charge is 0.457 e. The van der Waals surface area contributed by atoms with Crippen LogP contribution in [0.25, 0.3) is 5.69 Å². The normalized spacial score (nSPS) is 10.7. The molecule has 2 heterocycles. The van der Waals surface area contributed by atoms with Crippen LogP contribution < -0.4 is 4.74 Å². The van der Waals surface area contributed by atoms with Gasteiger partial charge < -0.3 is 4.74 Å². The number of nitrogens with zero attached hydrogens (tertiary/aromatic N) is 5.